The lowest BCUT2D eigenvalue weighted by molar-refractivity contribution is -0.141. The molecule has 1 aromatic heterocycles. The summed E-state index contributed by atoms with van der Waals surface area (Å²) in [5, 5.41) is 12.4. The fourth-order valence-electron chi connectivity index (χ4n) is 3.06. The van der Waals surface area contributed by atoms with E-state index in [1.54, 1.807) is 6.20 Å². The molecule has 4 heteroatoms. The fourth-order valence-corrected chi connectivity index (χ4v) is 3.06. The Morgan fingerprint density at radius 3 is 3.25 bits per heavy atom. The van der Waals surface area contributed by atoms with E-state index in [1.807, 2.05) is 6.07 Å². The van der Waals surface area contributed by atoms with E-state index in [0.29, 0.717) is 0 Å². The first-order valence-corrected chi connectivity index (χ1v) is 5.63. The van der Waals surface area contributed by atoms with E-state index >= 15 is 0 Å². The minimum Gasteiger partial charge on any atom is -0.481 e. The highest BCUT2D eigenvalue weighted by Gasteiger charge is 2.47. The molecule has 1 spiro atoms. The topological polar surface area (TPSA) is 62.2 Å². The van der Waals surface area contributed by atoms with Crippen molar-refractivity contribution in [2.75, 3.05) is 11.9 Å². The number of hydrogen-bond donors (Lipinski definition) is 2. The molecule has 0 aromatic carbocycles. The maximum Gasteiger partial charge on any atom is 0.306 e. The van der Waals surface area contributed by atoms with Crippen molar-refractivity contribution in [2.24, 2.45) is 5.92 Å². The number of nitrogens with zero attached hydrogens (tertiary/aromatic N) is 1. The Bertz CT molecular complexity index is 446. The Morgan fingerprint density at radius 1 is 1.62 bits per heavy atom. The van der Waals surface area contributed by atoms with Gasteiger partial charge in [-0.2, -0.15) is 0 Å². The van der Waals surface area contributed by atoms with E-state index < -0.39 is 5.97 Å². The third-order valence-corrected chi connectivity index (χ3v) is 3.93. The van der Waals surface area contributed by atoms with Crippen molar-refractivity contribution in [1.82, 2.24) is 4.98 Å². The van der Waals surface area contributed by atoms with Crippen LogP contribution in [0.15, 0.2) is 18.3 Å². The summed E-state index contributed by atoms with van der Waals surface area (Å²) in [5.41, 5.74) is 1.23. The lowest BCUT2D eigenvalue weighted by atomic mass is 9.81. The van der Waals surface area contributed by atoms with Gasteiger partial charge in [-0.3, -0.25) is 4.79 Å². The molecular formula is C12H14N2O2. The Morgan fingerprint density at radius 2 is 2.50 bits per heavy atom. The second kappa shape index (κ2) is 3.20. The Labute approximate surface area is 93.7 Å². The third-order valence-electron chi connectivity index (χ3n) is 3.93. The summed E-state index contributed by atoms with van der Waals surface area (Å²) in [6, 6.07) is 4.01. The first kappa shape index (κ1) is 9.63. The Kier molecular flexibility index (Phi) is 1.93. The van der Waals surface area contributed by atoms with E-state index in [0.717, 1.165) is 31.6 Å². The van der Waals surface area contributed by atoms with Gasteiger partial charge in [-0.25, -0.2) is 4.98 Å². The van der Waals surface area contributed by atoms with E-state index in [4.69, 9.17) is 5.11 Å². The average molecular weight is 218 g/mol. The van der Waals surface area contributed by atoms with Crippen molar-refractivity contribution < 1.29 is 9.90 Å². The maximum absolute atomic E-state index is 11.0. The molecule has 16 heavy (non-hydrogen) atoms. The van der Waals surface area contributed by atoms with Crippen LogP contribution in [0.2, 0.25) is 0 Å². The van der Waals surface area contributed by atoms with Crippen LogP contribution in [0.25, 0.3) is 0 Å². The molecule has 2 N–H and O–H groups in total. The Hall–Kier alpha value is -1.58. The number of carbonyl (C=O) groups is 1. The second-order valence-corrected chi connectivity index (χ2v) is 4.81. The third kappa shape index (κ3) is 1.22. The highest BCUT2D eigenvalue weighted by atomic mass is 16.4. The molecule has 0 bridgehead atoms. The number of rotatable bonds is 1. The Balaban J connectivity index is 1.95. The molecule has 2 heterocycles. The normalized spacial score (nSPS) is 31.4. The minimum atomic E-state index is -0.658. The van der Waals surface area contributed by atoms with E-state index in [9.17, 15) is 4.79 Å². The number of aromatic nitrogens is 1. The van der Waals surface area contributed by atoms with E-state index in [2.05, 4.69) is 16.4 Å². The van der Waals surface area contributed by atoms with Crippen molar-refractivity contribution in [3.05, 3.63) is 23.9 Å². The smallest absolute Gasteiger partial charge is 0.306 e. The molecule has 4 nitrogen and oxygen atoms in total. The van der Waals surface area contributed by atoms with Gasteiger partial charge in [0.2, 0.25) is 0 Å². The fraction of sp³-hybridized carbons (Fsp3) is 0.500. The zero-order valence-corrected chi connectivity index (χ0v) is 8.94. The largest absolute Gasteiger partial charge is 0.481 e. The summed E-state index contributed by atoms with van der Waals surface area (Å²) in [5.74, 6) is 0.0933. The van der Waals surface area contributed by atoms with E-state index in [1.165, 1.54) is 5.56 Å². The highest BCUT2D eigenvalue weighted by Crippen LogP contribution is 2.49. The molecule has 0 radical (unpaired) electrons. The van der Waals surface area contributed by atoms with Gasteiger partial charge in [0.25, 0.3) is 0 Å². The summed E-state index contributed by atoms with van der Waals surface area (Å²) in [7, 11) is 0. The van der Waals surface area contributed by atoms with Crippen molar-refractivity contribution >= 4 is 11.8 Å². The predicted molar refractivity (Wildman–Crippen MR) is 59.4 cm³/mol. The molecule has 2 aliphatic rings. The minimum absolute atomic E-state index is 0.0205. The van der Waals surface area contributed by atoms with E-state index in [-0.39, 0.29) is 11.3 Å². The molecule has 1 saturated carbocycles. The molecule has 1 fully saturated rings. The molecule has 1 aromatic rings. The van der Waals surface area contributed by atoms with Gasteiger partial charge in [0, 0.05) is 23.7 Å². The maximum atomic E-state index is 11.0. The number of hydrogen-bond acceptors (Lipinski definition) is 3. The molecule has 1 aliphatic carbocycles. The lowest BCUT2D eigenvalue weighted by Gasteiger charge is -2.22. The van der Waals surface area contributed by atoms with Gasteiger partial charge in [-0.05, 0) is 25.3 Å². The van der Waals surface area contributed by atoms with Gasteiger partial charge in [-0.1, -0.05) is 6.07 Å². The van der Waals surface area contributed by atoms with Crippen LogP contribution >= 0.6 is 0 Å². The van der Waals surface area contributed by atoms with Gasteiger partial charge in [-0.15, -0.1) is 0 Å². The monoisotopic (exact) mass is 218 g/mol. The van der Waals surface area contributed by atoms with Gasteiger partial charge in [0.15, 0.2) is 0 Å². The van der Waals surface area contributed by atoms with Crippen LogP contribution in [0.3, 0.4) is 0 Å². The van der Waals surface area contributed by atoms with Crippen LogP contribution in [-0.2, 0) is 10.2 Å². The summed E-state index contributed by atoms with van der Waals surface area (Å²) in [6.07, 6.45) is 4.25. The van der Waals surface area contributed by atoms with Gasteiger partial charge in [0.05, 0.1) is 5.92 Å². The van der Waals surface area contributed by atoms with Crippen LogP contribution < -0.4 is 5.32 Å². The highest BCUT2D eigenvalue weighted by molar-refractivity contribution is 5.71. The molecule has 2 atom stereocenters. The molecular weight excluding hydrogens is 204 g/mol. The summed E-state index contributed by atoms with van der Waals surface area (Å²) in [4.78, 5) is 15.3. The molecule has 0 saturated heterocycles. The predicted octanol–water partition coefficient (Wildman–Crippen LogP) is 1.63. The number of aliphatic carboxylic acids is 1. The van der Waals surface area contributed by atoms with Crippen LogP contribution in [-0.4, -0.2) is 22.6 Å². The number of pyridine rings is 1. The molecule has 84 valence electrons. The van der Waals surface area contributed by atoms with Crippen molar-refractivity contribution in [3.8, 4) is 0 Å². The average Bonchev–Trinajstić information content (AvgIpc) is 2.87. The van der Waals surface area contributed by atoms with Gasteiger partial charge in [0.1, 0.15) is 5.82 Å². The first-order chi connectivity index (χ1) is 7.71. The molecule has 0 amide bonds. The summed E-state index contributed by atoms with van der Waals surface area (Å²) >= 11 is 0. The molecule has 1 aliphatic heterocycles. The van der Waals surface area contributed by atoms with Crippen LogP contribution in [0.4, 0.5) is 5.82 Å². The zero-order valence-electron chi connectivity index (χ0n) is 8.94. The van der Waals surface area contributed by atoms with Crippen LogP contribution in [0.5, 0.6) is 0 Å². The molecule has 2 unspecified atom stereocenters. The van der Waals surface area contributed by atoms with Crippen molar-refractivity contribution in [3.63, 3.8) is 0 Å². The number of fused-ring (bicyclic) bond motifs is 2. The summed E-state index contributed by atoms with van der Waals surface area (Å²) in [6.45, 7) is 0.836. The lowest BCUT2D eigenvalue weighted by Crippen LogP contribution is -2.26. The van der Waals surface area contributed by atoms with Crippen molar-refractivity contribution in [2.45, 2.75) is 24.7 Å². The van der Waals surface area contributed by atoms with Gasteiger partial charge < -0.3 is 10.4 Å². The van der Waals surface area contributed by atoms with Crippen molar-refractivity contribution in [1.29, 1.82) is 0 Å². The van der Waals surface area contributed by atoms with Crippen LogP contribution in [0, 0.1) is 5.92 Å². The standard InChI is InChI=1S/C12H14N2O2/c15-11(16)8-3-4-12(6-8)7-14-10-9(12)2-1-5-13-10/h1-2,5,8H,3-4,6-7H2,(H,13,14)(H,15,16). The number of carboxylic acids is 1. The number of nitrogens with one attached hydrogen (secondary N) is 1. The number of anilines is 1. The van der Waals surface area contributed by atoms with Gasteiger partial charge >= 0.3 is 5.97 Å². The summed E-state index contributed by atoms with van der Waals surface area (Å²) < 4.78 is 0. The quantitative estimate of drug-likeness (QED) is 0.752. The molecule has 3 rings (SSSR count). The number of carboxylic acid groups (broad SMARTS) is 1. The second-order valence-electron chi connectivity index (χ2n) is 4.81. The first-order valence-electron chi connectivity index (χ1n) is 5.63. The van der Waals surface area contributed by atoms with Crippen LogP contribution in [0.1, 0.15) is 24.8 Å². The SMILES string of the molecule is O=C(O)C1CCC2(CNc3ncccc32)C1. The zero-order chi connectivity index (χ0) is 11.2.